The standard InChI is InChI=1S/C15H23NO3S/c1-16(20(18,19)12-13-6-5-7-13)15(10-11-17)14-8-3-2-4-9-14/h2-4,8-9,13,15,17H,5-7,10-12H2,1H3. The Labute approximate surface area is 121 Å². The van der Waals surface area contributed by atoms with E-state index in [0.717, 1.165) is 24.8 Å². The smallest absolute Gasteiger partial charge is 0.214 e. The number of aliphatic hydroxyl groups excluding tert-OH is 1. The molecular formula is C15H23NO3S. The largest absolute Gasteiger partial charge is 0.396 e. The molecule has 0 amide bonds. The molecule has 1 saturated carbocycles. The van der Waals surface area contributed by atoms with E-state index in [1.165, 1.54) is 4.31 Å². The molecule has 1 aromatic carbocycles. The summed E-state index contributed by atoms with van der Waals surface area (Å²) >= 11 is 0. The number of nitrogens with zero attached hydrogens (tertiary/aromatic N) is 1. The molecule has 1 aliphatic carbocycles. The van der Waals surface area contributed by atoms with Crippen LogP contribution in [0.5, 0.6) is 0 Å². The van der Waals surface area contributed by atoms with Crippen molar-refractivity contribution in [2.75, 3.05) is 19.4 Å². The van der Waals surface area contributed by atoms with Crippen molar-refractivity contribution in [1.82, 2.24) is 4.31 Å². The van der Waals surface area contributed by atoms with Gasteiger partial charge in [0.15, 0.2) is 0 Å². The lowest BCUT2D eigenvalue weighted by molar-refractivity contribution is 0.238. The van der Waals surface area contributed by atoms with Gasteiger partial charge in [-0.2, -0.15) is 4.31 Å². The van der Waals surface area contributed by atoms with E-state index in [4.69, 9.17) is 0 Å². The van der Waals surface area contributed by atoms with Crippen LogP contribution in [0.15, 0.2) is 30.3 Å². The van der Waals surface area contributed by atoms with E-state index < -0.39 is 10.0 Å². The first-order valence-corrected chi connectivity index (χ1v) is 8.77. The first kappa shape index (κ1) is 15.5. The average Bonchev–Trinajstić information content (AvgIpc) is 2.41. The minimum Gasteiger partial charge on any atom is -0.396 e. The molecule has 1 aromatic rings. The van der Waals surface area contributed by atoms with Gasteiger partial charge in [0.1, 0.15) is 0 Å². The van der Waals surface area contributed by atoms with Gasteiger partial charge in [-0.1, -0.05) is 36.8 Å². The van der Waals surface area contributed by atoms with Crippen molar-refractivity contribution in [3.05, 3.63) is 35.9 Å². The second kappa shape index (κ2) is 6.70. The van der Waals surface area contributed by atoms with E-state index in [0.29, 0.717) is 12.3 Å². The zero-order valence-electron chi connectivity index (χ0n) is 11.9. The quantitative estimate of drug-likeness (QED) is 0.839. The maximum Gasteiger partial charge on any atom is 0.214 e. The van der Waals surface area contributed by atoms with Gasteiger partial charge in [-0.25, -0.2) is 8.42 Å². The van der Waals surface area contributed by atoms with Gasteiger partial charge in [0, 0.05) is 13.7 Å². The van der Waals surface area contributed by atoms with Gasteiger partial charge >= 0.3 is 0 Å². The molecule has 0 heterocycles. The highest BCUT2D eigenvalue weighted by Gasteiger charge is 2.31. The first-order valence-electron chi connectivity index (χ1n) is 7.16. The number of aliphatic hydroxyl groups is 1. The predicted molar refractivity (Wildman–Crippen MR) is 79.8 cm³/mol. The Morgan fingerprint density at radius 1 is 1.30 bits per heavy atom. The van der Waals surface area contributed by atoms with Crippen LogP contribution >= 0.6 is 0 Å². The Hall–Kier alpha value is -0.910. The molecule has 0 aromatic heterocycles. The molecule has 1 fully saturated rings. The average molecular weight is 297 g/mol. The Morgan fingerprint density at radius 2 is 1.95 bits per heavy atom. The molecule has 1 unspecified atom stereocenters. The molecule has 0 radical (unpaired) electrons. The van der Waals surface area contributed by atoms with Crippen LogP contribution in [-0.4, -0.2) is 37.2 Å². The molecule has 4 nitrogen and oxygen atoms in total. The summed E-state index contributed by atoms with van der Waals surface area (Å²) in [5.41, 5.74) is 0.932. The third-order valence-corrected chi connectivity index (χ3v) is 6.16. The van der Waals surface area contributed by atoms with Crippen molar-refractivity contribution in [1.29, 1.82) is 0 Å². The number of hydrogen-bond donors (Lipinski definition) is 1. The van der Waals surface area contributed by atoms with E-state index in [-0.39, 0.29) is 18.4 Å². The van der Waals surface area contributed by atoms with Gasteiger partial charge in [-0.3, -0.25) is 0 Å². The molecule has 1 atom stereocenters. The van der Waals surface area contributed by atoms with Crippen LogP contribution in [0, 0.1) is 5.92 Å². The van der Waals surface area contributed by atoms with Crippen molar-refractivity contribution in [2.45, 2.75) is 31.7 Å². The van der Waals surface area contributed by atoms with Crippen LogP contribution in [-0.2, 0) is 10.0 Å². The zero-order chi connectivity index (χ0) is 14.6. The minimum absolute atomic E-state index is 0.0250. The molecular weight excluding hydrogens is 274 g/mol. The molecule has 0 aliphatic heterocycles. The molecule has 0 bridgehead atoms. The Bertz CT molecular complexity index is 511. The molecule has 1 N–H and O–H groups in total. The fourth-order valence-electron chi connectivity index (χ4n) is 2.62. The second-order valence-corrected chi connectivity index (χ2v) is 7.60. The van der Waals surface area contributed by atoms with E-state index in [1.54, 1.807) is 7.05 Å². The van der Waals surface area contributed by atoms with E-state index in [2.05, 4.69) is 0 Å². The highest BCUT2D eigenvalue weighted by Crippen LogP contribution is 2.31. The highest BCUT2D eigenvalue weighted by molar-refractivity contribution is 7.89. The van der Waals surface area contributed by atoms with Gasteiger partial charge in [0.2, 0.25) is 10.0 Å². The molecule has 0 spiro atoms. The van der Waals surface area contributed by atoms with Crippen LogP contribution in [0.4, 0.5) is 0 Å². The number of sulfonamides is 1. The molecule has 0 saturated heterocycles. The second-order valence-electron chi connectivity index (χ2n) is 5.53. The summed E-state index contributed by atoms with van der Waals surface area (Å²) in [6.45, 7) is -0.0250. The van der Waals surface area contributed by atoms with Gasteiger partial charge < -0.3 is 5.11 Å². The first-order chi connectivity index (χ1) is 9.54. The maximum atomic E-state index is 12.5. The van der Waals surface area contributed by atoms with Crippen LogP contribution in [0.1, 0.15) is 37.3 Å². The van der Waals surface area contributed by atoms with Gasteiger partial charge in [0.25, 0.3) is 0 Å². The van der Waals surface area contributed by atoms with Crippen LogP contribution < -0.4 is 0 Å². The SMILES string of the molecule is CN(C(CCO)c1ccccc1)S(=O)(=O)CC1CCC1. The number of rotatable bonds is 7. The fourth-order valence-corrected chi connectivity index (χ4v) is 4.40. The summed E-state index contributed by atoms with van der Waals surface area (Å²) < 4.78 is 26.4. The topological polar surface area (TPSA) is 57.6 Å². The fraction of sp³-hybridized carbons (Fsp3) is 0.600. The van der Waals surface area contributed by atoms with E-state index in [9.17, 15) is 13.5 Å². The molecule has 2 rings (SSSR count). The number of hydrogen-bond acceptors (Lipinski definition) is 3. The number of benzene rings is 1. The van der Waals surface area contributed by atoms with Crippen LogP contribution in [0.3, 0.4) is 0 Å². The van der Waals surface area contributed by atoms with Crippen molar-refractivity contribution < 1.29 is 13.5 Å². The third-order valence-electron chi connectivity index (χ3n) is 4.14. The third kappa shape index (κ3) is 3.59. The molecule has 112 valence electrons. The summed E-state index contributed by atoms with van der Waals surface area (Å²) in [6.07, 6.45) is 3.60. The van der Waals surface area contributed by atoms with Crippen LogP contribution in [0.2, 0.25) is 0 Å². The van der Waals surface area contributed by atoms with Gasteiger partial charge in [-0.05, 0) is 30.7 Å². The summed E-state index contributed by atoms with van der Waals surface area (Å²) in [5, 5.41) is 9.23. The Balaban J connectivity index is 2.15. The van der Waals surface area contributed by atoms with Crippen molar-refractivity contribution in [2.24, 2.45) is 5.92 Å². The van der Waals surface area contributed by atoms with Gasteiger partial charge in [-0.15, -0.1) is 0 Å². The normalized spacial score (nSPS) is 17.9. The van der Waals surface area contributed by atoms with Crippen LogP contribution in [0.25, 0.3) is 0 Å². The summed E-state index contributed by atoms with van der Waals surface area (Å²) in [6, 6.07) is 9.23. The lowest BCUT2D eigenvalue weighted by atomic mass is 9.87. The lowest BCUT2D eigenvalue weighted by Crippen LogP contribution is -2.37. The molecule has 1 aliphatic rings. The summed E-state index contributed by atoms with van der Waals surface area (Å²) in [5.74, 6) is 0.547. The van der Waals surface area contributed by atoms with E-state index in [1.807, 2.05) is 30.3 Å². The van der Waals surface area contributed by atoms with E-state index >= 15 is 0 Å². The molecule has 5 heteroatoms. The summed E-state index contributed by atoms with van der Waals surface area (Å²) in [4.78, 5) is 0. The van der Waals surface area contributed by atoms with Crippen molar-refractivity contribution in [3.8, 4) is 0 Å². The zero-order valence-corrected chi connectivity index (χ0v) is 12.7. The van der Waals surface area contributed by atoms with Gasteiger partial charge in [0.05, 0.1) is 11.8 Å². The minimum atomic E-state index is -3.27. The Morgan fingerprint density at radius 3 is 2.45 bits per heavy atom. The monoisotopic (exact) mass is 297 g/mol. The lowest BCUT2D eigenvalue weighted by Gasteiger charge is -2.31. The highest BCUT2D eigenvalue weighted by atomic mass is 32.2. The summed E-state index contributed by atoms with van der Waals surface area (Å²) in [7, 11) is -1.64. The van der Waals surface area contributed by atoms with Crippen molar-refractivity contribution in [3.63, 3.8) is 0 Å². The molecule has 20 heavy (non-hydrogen) atoms. The Kier molecular flexibility index (Phi) is 5.18. The predicted octanol–water partition coefficient (Wildman–Crippen LogP) is 2.17. The van der Waals surface area contributed by atoms with Crippen molar-refractivity contribution >= 4 is 10.0 Å². The maximum absolute atomic E-state index is 12.5.